The average Bonchev–Trinajstić information content (AvgIpc) is 3.16. The number of hydrogen-bond acceptors (Lipinski definition) is 5. The van der Waals surface area contributed by atoms with Gasteiger partial charge in [-0.15, -0.1) is 5.10 Å². The Morgan fingerprint density at radius 1 is 1.38 bits per heavy atom. The Kier molecular flexibility index (Phi) is 4.02. The summed E-state index contributed by atoms with van der Waals surface area (Å²) >= 11 is 0. The molecule has 1 atom stereocenters. The molecule has 2 heterocycles. The van der Waals surface area contributed by atoms with Crippen LogP contribution in [0.15, 0.2) is 24.3 Å². The van der Waals surface area contributed by atoms with Crippen molar-refractivity contribution in [1.29, 1.82) is 0 Å². The molecule has 1 aromatic heterocycles. The van der Waals surface area contributed by atoms with Gasteiger partial charge >= 0.3 is 5.97 Å². The first kappa shape index (κ1) is 16.1. The number of halogens is 1. The molecule has 1 fully saturated rings. The largest absolute Gasteiger partial charge is 0.479 e. The highest BCUT2D eigenvalue weighted by molar-refractivity contribution is 5.95. The normalized spacial score (nSPS) is 20.1. The fraction of sp³-hybridized carbons (Fsp3) is 0.333. The summed E-state index contributed by atoms with van der Waals surface area (Å²) in [5.74, 6) is -2.00. The van der Waals surface area contributed by atoms with Crippen LogP contribution in [0.25, 0.3) is 5.69 Å². The van der Waals surface area contributed by atoms with Crippen LogP contribution in [-0.2, 0) is 9.53 Å². The van der Waals surface area contributed by atoms with E-state index in [2.05, 4.69) is 15.4 Å². The molecule has 126 valence electrons. The summed E-state index contributed by atoms with van der Waals surface area (Å²) in [6, 6.07) is 5.54. The van der Waals surface area contributed by atoms with Gasteiger partial charge in [-0.25, -0.2) is 18.9 Å². The number of nitrogens with zero attached hydrogens (tertiary/aromatic N) is 3. The summed E-state index contributed by atoms with van der Waals surface area (Å²) in [5.41, 5.74) is -0.927. The molecule has 1 unspecified atom stereocenters. The Bertz CT molecular complexity index is 781. The minimum Gasteiger partial charge on any atom is -0.479 e. The molecule has 1 saturated heterocycles. The van der Waals surface area contributed by atoms with Gasteiger partial charge in [0.1, 0.15) is 11.6 Å². The summed E-state index contributed by atoms with van der Waals surface area (Å²) in [6.45, 7) is 1.79. The molecule has 24 heavy (non-hydrogen) atoms. The second-order valence-electron chi connectivity index (χ2n) is 5.51. The molecule has 0 spiro atoms. The third-order valence-electron chi connectivity index (χ3n) is 3.83. The summed E-state index contributed by atoms with van der Waals surface area (Å²) < 4.78 is 19.5. The lowest BCUT2D eigenvalue weighted by atomic mass is 9.99. The summed E-state index contributed by atoms with van der Waals surface area (Å²) in [6.07, 6.45) is 0.172. The summed E-state index contributed by atoms with van der Waals surface area (Å²) in [5, 5.41) is 15.9. The number of ether oxygens (including phenoxy) is 1. The van der Waals surface area contributed by atoms with E-state index in [0.29, 0.717) is 11.5 Å². The predicted octanol–water partition coefficient (Wildman–Crippen LogP) is 0.688. The fourth-order valence-corrected chi connectivity index (χ4v) is 2.47. The van der Waals surface area contributed by atoms with E-state index in [1.165, 1.54) is 28.9 Å². The van der Waals surface area contributed by atoms with Crippen LogP contribution >= 0.6 is 0 Å². The molecule has 2 aromatic rings. The van der Waals surface area contributed by atoms with E-state index >= 15 is 0 Å². The van der Waals surface area contributed by atoms with E-state index in [-0.39, 0.29) is 31.3 Å². The Balaban J connectivity index is 1.85. The minimum atomic E-state index is -1.47. The lowest BCUT2D eigenvalue weighted by Gasteiger charge is -2.22. The molecule has 8 nitrogen and oxygen atoms in total. The number of amides is 1. The lowest BCUT2D eigenvalue weighted by molar-refractivity contribution is -0.144. The van der Waals surface area contributed by atoms with E-state index < -0.39 is 17.4 Å². The topological polar surface area (TPSA) is 106 Å². The maximum Gasteiger partial charge on any atom is 0.331 e. The zero-order valence-corrected chi connectivity index (χ0v) is 12.8. The number of nitrogens with one attached hydrogen (secondary N) is 1. The fourth-order valence-electron chi connectivity index (χ4n) is 2.47. The van der Waals surface area contributed by atoms with Crippen molar-refractivity contribution < 1.29 is 23.8 Å². The zero-order valence-electron chi connectivity index (χ0n) is 12.8. The molecule has 9 heteroatoms. The number of carboxylic acids is 1. The SMILES string of the molecule is Cc1nc(C(=O)NC2(C(=O)O)CCOC2)nn1-c1ccc(F)cc1. The van der Waals surface area contributed by atoms with Gasteiger partial charge in [0.15, 0.2) is 5.54 Å². The number of benzene rings is 1. The highest BCUT2D eigenvalue weighted by Gasteiger charge is 2.44. The van der Waals surface area contributed by atoms with Gasteiger partial charge in [0.25, 0.3) is 5.91 Å². The van der Waals surface area contributed by atoms with Gasteiger partial charge in [-0.3, -0.25) is 4.79 Å². The van der Waals surface area contributed by atoms with Crippen molar-refractivity contribution in [3.63, 3.8) is 0 Å². The molecule has 0 bridgehead atoms. The average molecular weight is 334 g/mol. The van der Waals surface area contributed by atoms with E-state index in [4.69, 9.17) is 4.74 Å². The molecular weight excluding hydrogens is 319 g/mol. The van der Waals surface area contributed by atoms with Crippen molar-refractivity contribution in [2.45, 2.75) is 18.9 Å². The second-order valence-corrected chi connectivity index (χ2v) is 5.51. The molecule has 1 aliphatic heterocycles. The number of carbonyl (C=O) groups is 2. The number of carboxylic acid groups (broad SMARTS) is 1. The van der Waals surface area contributed by atoms with Gasteiger partial charge in [-0.1, -0.05) is 0 Å². The Hall–Kier alpha value is -2.81. The van der Waals surface area contributed by atoms with Gasteiger partial charge in [0.05, 0.1) is 12.3 Å². The van der Waals surface area contributed by atoms with Crippen LogP contribution in [0.2, 0.25) is 0 Å². The third-order valence-corrected chi connectivity index (χ3v) is 3.83. The van der Waals surface area contributed by atoms with Crippen molar-refractivity contribution >= 4 is 11.9 Å². The van der Waals surface area contributed by atoms with Gasteiger partial charge < -0.3 is 15.2 Å². The Morgan fingerprint density at radius 3 is 2.67 bits per heavy atom. The van der Waals surface area contributed by atoms with E-state index in [0.717, 1.165) is 0 Å². The van der Waals surface area contributed by atoms with Crippen molar-refractivity contribution in [3.8, 4) is 5.69 Å². The molecular formula is C15H15FN4O4. The van der Waals surface area contributed by atoms with E-state index in [9.17, 15) is 19.1 Å². The first-order chi connectivity index (χ1) is 11.4. The van der Waals surface area contributed by atoms with Crippen molar-refractivity contribution in [3.05, 3.63) is 41.7 Å². The molecule has 1 aliphatic rings. The molecule has 3 rings (SSSR count). The van der Waals surface area contributed by atoms with Crippen LogP contribution < -0.4 is 5.32 Å². The van der Waals surface area contributed by atoms with Crippen molar-refractivity contribution in [2.24, 2.45) is 0 Å². The van der Waals surface area contributed by atoms with Gasteiger partial charge in [-0.05, 0) is 31.2 Å². The highest BCUT2D eigenvalue weighted by atomic mass is 19.1. The predicted molar refractivity (Wildman–Crippen MR) is 79.3 cm³/mol. The third kappa shape index (κ3) is 2.85. The molecule has 2 N–H and O–H groups in total. The first-order valence-corrected chi connectivity index (χ1v) is 7.24. The second kappa shape index (κ2) is 6.00. The van der Waals surface area contributed by atoms with Gasteiger partial charge in [-0.2, -0.15) is 0 Å². The zero-order chi connectivity index (χ0) is 17.3. The van der Waals surface area contributed by atoms with Crippen LogP contribution in [0.5, 0.6) is 0 Å². The van der Waals surface area contributed by atoms with Crippen molar-refractivity contribution in [2.75, 3.05) is 13.2 Å². The number of hydrogen-bond donors (Lipinski definition) is 2. The Morgan fingerprint density at radius 2 is 2.08 bits per heavy atom. The first-order valence-electron chi connectivity index (χ1n) is 7.24. The molecule has 0 radical (unpaired) electrons. The van der Waals surface area contributed by atoms with Crippen LogP contribution in [0.1, 0.15) is 22.9 Å². The van der Waals surface area contributed by atoms with Crippen LogP contribution in [-0.4, -0.2) is 50.5 Å². The molecule has 0 saturated carbocycles. The summed E-state index contributed by atoms with van der Waals surface area (Å²) in [7, 11) is 0. The smallest absolute Gasteiger partial charge is 0.331 e. The van der Waals surface area contributed by atoms with Crippen LogP contribution in [0.4, 0.5) is 4.39 Å². The molecule has 1 amide bonds. The maximum atomic E-state index is 13.0. The van der Waals surface area contributed by atoms with E-state index in [1.807, 2.05) is 0 Å². The van der Waals surface area contributed by atoms with Crippen molar-refractivity contribution in [1.82, 2.24) is 20.1 Å². The highest BCUT2D eigenvalue weighted by Crippen LogP contribution is 2.19. The number of aromatic nitrogens is 3. The quantitative estimate of drug-likeness (QED) is 0.852. The number of rotatable bonds is 4. The lowest BCUT2D eigenvalue weighted by Crippen LogP contribution is -2.55. The van der Waals surface area contributed by atoms with E-state index in [1.54, 1.807) is 6.92 Å². The number of aliphatic carboxylic acids is 1. The molecule has 0 aliphatic carbocycles. The van der Waals surface area contributed by atoms with Gasteiger partial charge in [0, 0.05) is 13.0 Å². The molecule has 1 aromatic carbocycles. The number of carbonyl (C=O) groups excluding carboxylic acids is 1. The standard InChI is InChI=1S/C15H15FN4O4/c1-9-17-12(19-20(9)11-4-2-10(16)3-5-11)13(21)18-15(14(22)23)6-7-24-8-15/h2-5H,6-8H2,1H3,(H,18,21)(H,22,23). The monoisotopic (exact) mass is 334 g/mol. The van der Waals surface area contributed by atoms with Crippen LogP contribution in [0.3, 0.4) is 0 Å². The number of aryl methyl sites for hydroxylation is 1. The Labute approximate surface area is 136 Å². The maximum absolute atomic E-state index is 13.0. The van der Waals surface area contributed by atoms with Gasteiger partial charge in [0.2, 0.25) is 5.82 Å². The summed E-state index contributed by atoms with van der Waals surface area (Å²) in [4.78, 5) is 27.8. The minimum absolute atomic E-state index is 0.105. The van der Waals surface area contributed by atoms with Crippen LogP contribution in [0, 0.1) is 12.7 Å².